The third kappa shape index (κ3) is 2.07. The van der Waals surface area contributed by atoms with E-state index in [1.807, 2.05) is 0 Å². The first-order valence-electron chi connectivity index (χ1n) is 5.68. The number of rotatable bonds is 2. The number of amides is 4. The van der Waals surface area contributed by atoms with Crippen molar-refractivity contribution in [1.82, 2.24) is 10.2 Å². The van der Waals surface area contributed by atoms with Crippen LogP contribution in [-0.4, -0.2) is 34.6 Å². The van der Waals surface area contributed by atoms with Gasteiger partial charge in [-0.1, -0.05) is 0 Å². The quantitative estimate of drug-likeness (QED) is 0.697. The second-order valence-corrected chi connectivity index (χ2v) is 4.49. The number of hydrogen-bond donors (Lipinski definition) is 1. The molecule has 0 aromatic heterocycles. The van der Waals surface area contributed by atoms with Gasteiger partial charge in [0.15, 0.2) is 0 Å². The Balaban J connectivity index is 2.04. The Morgan fingerprint density at radius 2 is 2.12 bits per heavy atom. The second kappa shape index (κ2) is 4.27. The van der Waals surface area contributed by atoms with E-state index in [2.05, 4.69) is 5.32 Å². The van der Waals surface area contributed by atoms with Crippen molar-refractivity contribution >= 4 is 23.6 Å². The van der Waals surface area contributed by atoms with Gasteiger partial charge >= 0.3 is 6.03 Å². The lowest BCUT2D eigenvalue weighted by Gasteiger charge is -2.12. The van der Waals surface area contributed by atoms with Crippen LogP contribution in [0.5, 0.6) is 0 Å². The van der Waals surface area contributed by atoms with E-state index in [0.717, 1.165) is 12.8 Å². The molecule has 2 unspecified atom stereocenters. The smallest absolute Gasteiger partial charge is 0.325 e. The fraction of sp³-hybridized carbons (Fsp3) is 0.636. The Bertz CT molecular complexity index is 404. The lowest BCUT2D eigenvalue weighted by molar-refractivity contribution is -0.138. The summed E-state index contributed by atoms with van der Waals surface area (Å²) in [4.78, 5) is 46.3. The number of urea groups is 1. The summed E-state index contributed by atoms with van der Waals surface area (Å²) in [5.41, 5.74) is 0. The maximum atomic E-state index is 11.8. The van der Waals surface area contributed by atoms with Gasteiger partial charge in [0.2, 0.25) is 5.91 Å². The molecule has 1 saturated carbocycles. The number of carbonyl (C=O) groups excluding carboxylic acids is 4. The molecule has 1 aliphatic carbocycles. The van der Waals surface area contributed by atoms with Crippen molar-refractivity contribution in [2.24, 2.45) is 5.92 Å². The van der Waals surface area contributed by atoms with Crippen molar-refractivity contribution in [3.63, 3.8) is 0 Å². The molecular weight excluding hydrogens is 224 g/mol. The average Bonchev–Trinajstić information content (AvgIpc) is 2.73. The van der Waals surface area contributed by atoms with E-state index in [4.69, 9.17) is 0 Å². The Morgan fingerprint density at radius 1 is 1.41 bits per heavy atom. The van der Waals surface area contributed by atoms with E-state index in [0.29, 0.717) is 17.7 Å². The summed E-state index contributed by atoms with van der Waals surface area (Å²) in [7, 11) is 0. The van der Waals surface area contributed by atoms with Crippen LogP contribution in [0.3, 0.4) is 0 Å². The standard InChI is InChI=1S/C11H14N2O4/c1-6(14)13-10(16)8(12-11(13)17)5-7-3-2-4-9(7)15/h7-8H,2-5H2,1H3,(H,12,17). The van der Waals surface area contributed by atoms with Crippen molar-refractivity contribution in [2.75, 3.05) is 0 Å². The van der Waals surface area contributed by atoms with Crippen molar-refractivity contribution in [2.45, 2.75) is 38.6 Å². The van der Waals surface area contributed by atoms with E-state index < -0.39 is 23.9 Å². The first kappa shape index (κ1) is 11.8. The largest absolute Gasteiger partial charge is 0.331 e. The van der Waals surface area contributed by atoms with E-state index in [-0.39, 0.29) is 11.7 Å². The Morgan fingerprint density at radius 3 is 2.59 bits per heavy atom. The fourth-order valence-corrected chi connectivity index (χ4v) is 2.41. The van der Waals surface area contributed by atoms with Crippen LogP contribution in [0.4, 0.5) is 4.79 Å². The van der Waals surface area contributed by atoms with Gasteiger partial charge in [-0.3, -0.25) is 14.4 Å². The minimum atomic E-state index is -0.724. The summed E-state index contributed by atoms with van der Waals surface area (Å²) in [6.45, 7) is 1.17. The third-order valence-corrected chi connectivity index (χ3v) is 3.29. The molecule has 0 aromatic rings. The predicted octanol–water partition coefficient (Wildman–Crippen LogP) is 0.213. The molecule has 2 aliphatic rings. The van der Waals surface area contributed by atoms with E-state index >= 15 is 0 Å². The van der Waals surface area contributed by atoms with Crippen LogP contribution in [0.1, 0.15) is 32.6 Å². The summed E-state index contributed by atoms with van der Waals surface area (Å²) in [5.74, 6) is -1.14. The highest BCUT2D eigenvalue weighted by Gasteiger charge is 2.42. The van der Waals surface area contributed by atoms with Crippen molar-refractivity contribution in [3.8, 4) is 0 Å². The van der Waals surface area contributed by atoms with E-state index in [9.17, 15) is 19.2 Å². The minimum absolute atomic E-state index is 0.147. The van der Waals surface area contributed by atoms with Gasteiger partial charge in [-0.15, -0.1) is 0 Å². The molecule has 6 nitrogen and oxygen atoms in total. The first-order chi connectivity index (χ1) is 8.00. The highest BCUT2D eigenvalue weighted by molar-refractivity contribution is 6.16. The van der Waals surface area contributed by atoms with E-state index in [1.165, 1.54) is 6.92 Å². The van der Waals surface area contributed by atoms with Gasteiger partial charge in [0.1, 0.15) is 11.8 Å². The molecule has 0 spiro atoms. The van der Waals surface area contributed by atoms with Crippen LogP contribution in [0.2, 0.25) is 0 Å². The number of nitrogens with zero attached hydrogens (tertiary/aromatic N) is 1. The summed E-state index contributed by atoms with van der Waals surface area (Å²) in [5, 5.41) is 2.45. The summed E-state index contributed by atoms with van der Waals surface area (Å²) in [6, 6.07) is -1.41. The number of Topliss-reactive ketones (excluding diaryl/α,β-unsaturated/α-hetero) is 1. The molecule has 0 radical (unpaired) electrons. The van der Waals surface area contributed by atoms with Crippen molar-refractivity contribution < 1.29 is 19.2 Å². The minimum Gasteiger partial charge on any atom is -0.325 e. The SMILES string of the molecule is CC(=O)N1C(=O)NC(CC2CCCC2=O)C1=O. The molecule has 17 heavy (non-hydrogen) atoms. The molecule has 4 amide bonds. The third-order valence-electron chi connectivity index (χ3n) is 3.29. The molecule has 0 bridgehead atoms. The van der Waals surface area contributed by atoms with Crippen LogP contribution in [0, 0.1) is 5.92 Å². The van der Waals surface area contributed by atoms with Crippen molar-refractivity contribution in [1.29, 1.82) is 0 Å². The summed E-state index contributed by atoms with van der Waals surface area (Å²) < 4.78 is 0. The average molecular weight is 238 g/mol. The summed E-state index contributed by atoms with van der Waals surface area (Å²) >= 11 is 0. The van der Waals surface area contributed by atoms with Gasteiger partial charge in [-0.05, 0) is 19.3 Å². The number of imide groups is 3. The number of hydrogen-bond acceptors (Lipinski definition) is 4. The molecule has 0 aromatic carbocycles. The van der Waals surface area contributed by atoms with Gasteiger partial charge in [0, 0.05) is 19.3 Å². The summed E-state index contributed by atoms with van der Waals surface area (Å²) in [6.07, 6.45) is 2.47. The monoisotopic (exact) mass is 238 g/mol. The molecule has 2 rings (SSSR count). The van der Waals surface area contributed by atoms with Gasteiger partial charge in [-0.2, -0.15) is 4.90 Å². The zero-order valence-electron chi connectivity index (χ0n) is 9.56. The van der Waals surface area contributed by atoms with Crippen LogP contribution in [-0.2, 0) is 14.4 Å². The van der Waals surface area contributed by atoms with Gasteiger partial charge in [0.25, 0.3) is 5.91 Å². The zero-order chi connectivity index (χ0) is 12.6. The topological polar surface area (TPSA) is 83.6 Å². The molecule has 1 saturated heterocycles. The molecule has 2 atom stereocenters. The molecule has 1 N–H and O–H groups in total. The normalized spacial score (nSPS) is 28.8. The Kier molecular flexibility index (Phi) is 2.95. The van der Waals surface area contributed by atoms with Crippen molar-refractivity contribution in [3.05, 3.63) is 0 Å². The Labute approximate surface area is 98.3 Å². The number of nitrogens with one attached hydrogen (secondary N) is 1. The van der Waals surface area contributed by atoms with Crippen LogP contribution in [0.25, 0.3) is 0 Å². The fourth-order valence-electron chi connectivity index (χ4n) is 2.41. The second-order valence-electron chi connectivity index (χ2n) is 4.49. The highest BCUT2D eigenvalue weighted by Crippen LogP contribution is 2.27. The number of carbonyl (C=O) groups is 4. The van der Waals surface area contributed by atoms with Crippen LogP contribution in [0.15, 0.2) is 0 Å². The molecule has 1 aliphatic heterocycles. The zero-order valence-corrected chi connectivity index (χ0v) is 9.56. The molecule has 6 heteroatoms. The van der Waals surface area contributed by atoms with E-state index in [1.54, 1.807) is 0 Å². The highest BCUT2D eigenvalue weighted by atomic mass is 16.2. The van der Waals surface area contributed by atoms with Gasteiger partial charge in [-0.25, -0.2) is 4.79 Å². The molecule has 1 heterocycles. The lowest BCUT2D eigenvalue weighted by Crippen LogP contribution is -2.36. The Hall–Kier alpha value is -1.72. The predicted molar refractivity (Wildman–Crippen MR) is 56.8 cm³/mol. The first-order valence-corrected chi connectivity index (χ1v) is 5.68. The molecule has 2 fully saturated rings. The lowest BCUT2D eigenvalue weighted by atomic mass is 9.97. The maximum absolute atomic E-state index is 11.8. The molecule has 92 valence electrons. The maximum Gasteiger partial charge on any atom is 0.331 e. The van der Waals surface area contributed by atoms with Crippen LogP contribution >= 0.6 is 0 Å². The van der Waals surface area contributed by atoms with Gasteiger partial charge in [0.05, 0.1) is 0 Å². The molecular formula is C11H14N2O4. The van der Waals surface area contributed by atoms with Gasteiger partial charge < -0.3 is 5.32 Å². The van der Waals surface area contributed by atoms with Crippen LogP contribution < -0.4 is 5.32 Å². The number of ketones is 1.